The van der Waals surface area contributed by atoms with Gasteiger partial charge in [-0.05, 0) is 49.4 Å². The highest BCUT2D eigenvalue weighted by Gasteiger charge is 2.16. The summed E-state index contributed by atoms with van der Waals surface area (Å²) < 4.78 is 18.1. The molecular weight excluding hydrogens is 405 g/mol. The first-order chi connectivity index (χ1) is 15.6. The van der Waals surface area contributed by atoms with Crippen molar-refractivity contribution < 1.29 is 4.39 Å². The average molecular weight is 423 g/mol. The van der Waals surface area contributed by atoms with Gasteiger partial charge >= 0.3 is 0 Å². The summed E-state index contributed by atoms with van der Waals surface area (Å²) in [6, 6.07) is 22.9. The van der Waals surface area contributed by atoms with E-state index in [2.05, 4.69) is 15.2 Å². The van der Waals surface area contributed by atoms with E-state index < -0.39 is 5.82 Å². The van der Waals surface area contributed by atoms with Crippen molar-refractivity contribution in [2.24, 2.45) is 0 Å². The van der Waals surface area contributed by atoms with E-state index in [1.807, 2.05) is 55.5 Å². The number of pyridine rings is 1. The Balaban J connectivity index is 1.60. The molecule has 32 heavy (non-hydrogen) atoms. The number of nitrogens with zero attached hydrogens (tertiary/aromatic N) is 5. The summed E-state index contributed by atoms with van der Waals surface area (Å²) in [4.78, 5) is 17.0. The Labute approximate surface area is 183 Å². The first kappa shape index (κ1) is 19.6. The highest BCUT2D eigenvalue weighted by molar-refractivity contribution is 5.61. The molecule has 3 aromatic heterocycles. The zero-order valence-electron chi connectivity index (χ0n) is 17.2. The third-order valence-corrected chi connectivity index (χ3v) is 5.04. The Kier molecular flexibility index (Phi) is 4.91. The Morgan fingerprint density at radius 3 is 2.44 bits per heavy atom. The minimum Gasteiger partial charge on any atom is -0.287 e. The van der Waals surface area contributed by atoms with Crippen LogP contribution in [0.3, 0.4) is 0 Å². The van der Waals surface area contributed by atoms with Crippen molar-refractivity contribution >= 4 is 0 Å². The van der Waals surface area contributed by atoms with Crippen LogP contribution >= 0.6 is 0 Å². The zero-order chi connectivity index (χ0) is 22.1. The lowest BCUT2D eigenvalue weighted by atomic mass is 10.1. The minimum absolute atomic E-state index is 0.185. The van der Waals surface area contributed by atoms with E-state index in [0.29, 0.717) is 17.0 Å². The monoisotopic (exact) mass is 423 g/mol. The van der Waals surface area contributed by atoms with Gasteiger partial charge in [0.1, 0.15) is 11.5 Å². The van der Waals surface area contributed by atoms with Crippen LogP contribution in [0, 0.1) is 12.7 Å². The van der Waals surface area contributed by atoms with Crippen LogP contribution < -0.4 is 5.43 Å². The third kappa shape index (κ3) is 3.60. The maximum atomic E-state index is 15.0. The molecule has 3 heterocycles. The molecule has 5 rings (SSSR count). The Morgan fingerprint density at radius 1 is 0.875 bits per heavy atom. The molecule has 7 heteroatoms. The van der Waals surface area contributed by atoms with Gasteiger partial charge in [-0.2, -0.15) is 10.2 Å². The fourth-order valence-electron chi connectivity index (χ4n) is 3.54. The molecule has 0 N–H and O–H groups in total. The molecular formula is C25H18FN5O. The first-order valence-electron chi connectivity index (χ1n) is 10.0. The van der Waals surface area contributed by atoms with Gasteiger partial charge in [-0.1, -0.05) is 30.3 Å². The van der Waals surface area contributed by atoms with Crippen LogP contribution in [0.15, 0.2) is 96.1 Å². The second-order valence-corrected chi connectivity index (χ2v) is 7.27. The molecule has 0 fully saturated rings. The molecule has 0 unspecified atom stereocenters. The number of para-hydroxylation sites is 1. The molecule has 0 aliphatic rings. The maximum absolute atomic E-state index is 15.0. The first-order valence-corrected chi connectivity index (χ1v) is 10.0. The zero-order valence-corrected chi connectivity index (χ0v) is 17.2. The SMILES string of the molecule is Cc1cc(-c2nn(-c3ccc(-c4ccccn4)cc3F)ccc2=O)n(-c2ccccc2)n1. The smallest absolute Gasteiger partial charge is 0.209 e. The maximum Gasteiger partial charge on any atom is 0.209 e. The van der Waals surface area contributed by atoms with Gasteiger partial charge < -0.3 is 0 Å². The molecule has 0 spiro atoms. The van der Waals surface area contributed by atoms with E-state index in [1.165, 1.54) is 23.0 Å². The van der Waals surface area contributed by atoms with Gasteiger partial charge in [0.25, 0.3) is 0 Å². The number of rotatable bonds is 4. The number of hydrogen-bond acceptors (Lipinski definition) is 4. The summed E-state index contributed by atoms with van der Waals surface area (Å²) in [5, 5.41) is 8.97. The summed E-state index contributed by atoms with van der Waals surface area (Å²) in [5.41, 5.74) is 3.56. The molecule has 2 aromatic carbocycles. The molecule has 156 valence electrons. The van der Waals surface area contributed by atoms with Crippen LogP contribution in [0.5, 0.6) is 0 Å². The van der Waals surface area contributed by atoms with Crippen molar-refractivity contribution in [1.82, 2.24) is 24.5 Å². The van der Waals surface area contributed by atoms with E-state index in [9.17, 15) is 4.79 Å². The highest BCUT2D eigenvalue weighted by Crippen LogP contribution is 2.23. The van der Waals surface area contributed by atoms with Gasteiger partial charge in [-0.15, -0.1) is 0 Å². The topological polar surface area (TPSA) is 65.6 Å². The van der Waals surface area contributed by atoms with Crippen molar-refractivity contribution in [2.45, 2.75) is 6.92 Å². The number of aromatic nitrogens is 5. The number of aryl methyl sites for hydroxylation is 1. The summed E-state index contributed by atoms with van der Waals surface area (Å²) in [7, 11) is 0. The predicted molar refractivity (Wildman–Crippen MR) is 120 cm³/mol. The Bertz CT molecular complexity index is 1460. The molecule has 5 aromatic rings. The third-order valence-electron chi connectivity index (χ3n) is 5.04. The van der Waals surface area contributed by atoms with Crippen LogP contribution in [0.4, 0.5) is 4.39 Å². The predicted octanol–water partition coefficient (Wildman–Crippen LogP) is 4.59. The van der Waals surface area contributed by atoms with Crippen LogP contribution in [0.25, 0.3) is 34.0 Å². The quantitative estimate of drug-likeness (QED) is 0.424. The summed E-state index contributed by atoms with van der Waals surface area (Å²) in [6.45, 7) is 1.85. The van der Waals surface area contributed by atoms with Gasteiger partial charge in [-0.25, -0.2) is 13.8 Å². The van der Waals surface area contributed by atoms with E-state index in [4.69, 9.17) is 0 Å². The molecule has 0 amide bonds. The molecule has 0 aliphatic carbocycles. The summed E-state index contributed by atoms with van der Waals surface area (Å²) in [6.07, 6.45) is 3.12. The second-order valence-electron chi connectivity index (χ2n) is 7.27. The molecule has 0 saturated heterocycles. The number of halogens is 1. The van der Waals surface area contributed by atoms with Crippen molar-refractivity contribution in [3.8, 4) is 34.0 Å². The van der Waals surface area contributed by atoms with Crippen LogP contribution in [-0.4, -0.2) is 24.5 Å². The van der Waals surface area contributed by atoms with Crippen molar-refractivity contribution in [1.29, 1.82) is 0 Å². The van der Waals surface area contributed by atoms with Crippen LogP contribution in [0.1, 0.15) is 5.69 Å². The summed E-state index contributed by atoms with van der Waals surface area (Å²) >= 11 is 0. The van der Waals surface area contributed by atoms with Gasteiger partial charge in [0.15, 0.2) is 5.69 Å². The molecule has 0 atom stereocenters. The lowest BCUT2D eigenvalue weighted by Gasteiger charge is -2.11. The molecule has 0 bridgehead atoms. The van der Waals surface area contributed by atoms with E-state index in [0.717, 1.165) is 11.4 Å². The van der Waals surface area contributed by atoms with Gasteiger partial charge in [0.2, 0.25) is 5.43 Å². The lowest BCUT2D eigenvalue weighted by molar-refractivity contribution is 0.609. The minimum atomic E-state index is -0.469. The standard InChI is InChI=1S/C25H18FN5O/c1-17-15-23(31(28-17)19-7-3-2-4-8-19)25-24(32)12-14-30(29-25)22-11-10-18(16-20(22)26)21-9-5-6-13-27-21/h2-16H,1H3. The van der Waals surface area contributed by atoms with Gasteiger partial charge in [0.05, 0.1) is 22.8 Å². The van der Waals surface area contributed by atoms with Crippen molar-refractivity contribution in [3.05, 3.63) is 113 Å². The molecule has 0 radical (unpaired) electrons. The Hall–Kier alpha value is -4.39. The normalized spacial score (nSPS) is 10.9. The van der Waals surface area contributed by atoms with Gasteiger partial charge in [-0.3, -0.25) is 9.78 Å². The average Bonchev–Trinajstić information content (AvgIpc) is 3.22. The number of hydrogen-bond donors (Lipinski definition) is 0. The van der Waals surface area contributed by atoms with Crippen LogP contribution in [-0.2, 0) is 0 Å². The molecule has 0 saturated carbocycles. The van der Waals surface area contributed by atoms with E-state index >= 15 is 4.39 Å². The lowest BCUT2D eigenvalue weighted by Crippen LogP contribution is -2.15. The highest BCUT2D eigenvalue weighted by atomic mass is 19.1. The van der Waals surface area contributed by atoms with Crippen LogP contribution in [0.2, 0.25) is 0 Å². The Morgan fingerprint density at radius 2 is 1.69 bits per heavy atom. The van der Waals surface area contributed by atoms with Crippen molar-refractivity contribution in [3.63, 3.8) is 0 Å². The summed E-state index contributed by atoms with van der Waals surface area (Å²) in [5.74, 6) is -0.469. The molecule has 0 aliphatic heterocycles. The number of benzene rings is 2. The van der Waals surface area contributed by atoms with E-state index in [-0.39, 0.29) is 16.8 Å². The van der Waals surface area contributed by atoms with Gasteiger partial charge in [0, 0.05) is 24.0 Å². The fraction of sp³-hybridized carbons (Fsp3) is 0.0400. The largest absolute Gasteiger partial charge is 0.287 e. The second kappa shape index (κ2) is 8.03. The van der Waals surface area contributed by atoms with Crippen molar-refractivity contribution in [2.75, 3.05) is 0 Å². The molecule has 6 nitrogen and oxygen atoms in total. The van der Waals surface area contributed by atoms with E-state index in [1.54, 1.807) is 29.1 Å². The fourth-order valence-corrected chi connectivity index (χ4v) is 3.54.